The van der Waals surface area contributed by atoms with Crippen LogP contribution in [0.3, 0.4) is 0 Å². The number of nitrogens with one attached hydrogen (secondary N) is 1. The smallest absolute Gasteiger partial charge is 0.246 e. The molecule has 0 spiro atoms. The number of benzene rings is 3. The van der Waals surface area contributed by atoms with E-state index in [9.17, 15) is 9.59 Å². The van der Waals surface area contributed by atoms with Gasteiger partial charge in [-0.1, -0.05) is 55.0 Å². The maximum atomic E-state index is 13.0. The molecule has 0 aliphatic rings. The number of unbranched alkanes of at least 4 members (excludes halogenated alkanes) is 1. The Hall–Kier alpha value is -3.51. The minimum Gasteiger partial charge on any atom is -0.331 e. The van der Waals surface area contributed by atoms with Crippen molar-refractivity contribution in [2.45, 2.75) is 32.7 Å². The third-order valence-electron chi connectivity index (χ3n) is 5.70. The van der Waals surface area contributed by atoms with E-state index in [1.807, 2.05) is 59.2 Å². The number of carbonyl (C=O) groups is 1. The first kappa shape index (κ1) is 20.4. The van der Waals surface area contributed by atoms with Gasteiger partial charge >= 0.3 is 0 Å². The summed E-state index contributed by atoms with van der Waals surface area (Å²) in [7, 11) is 0. The van der Waals surface area contributed by atoms with Crippen LogP contribution in [0, 0.1) is 0 Å². The first-order chi connectivity index (χ1) is 15.6. The van der Waals surface area contributed by atoms with Gasteiger partial charge in [0.05, 0.1) is 21.3 Å². The van der Waals surface area contributed by atoms with Crippen LogP contribution in [-0.2, 0) is 17.8 Å². The molecular formula is C26H23N3O2S. The number of pyridine rings is 1. The van der Waals surface area contributed by atoms with E-state index in [2.05, 4.69) is 29.4 Å². The molecular weight excluding hydrogens is 418 g/mol. The number of para-hydroxylation sites is 2. The van der Waals surface area contributed by atoms with Gasteiger partial charge in [0.25, 0.3) is 0 Å². The summed E-state index contributed by atoms with van der Waals surface area (Å²) < 4.78 is 2.98. The molecule has 0 saturated heterocycles. The third kappa shape index (κ3) is 3.78. The minimum atomic E-state index is -0.172. The Morgan fingerprint density at radius 3 is 2.38 bits per heavy atom. The van der Waals surface area contributed by atoms with Crippen molar-refractivity contribution in [2.24, 2.45) is 0 Å². The van der Waals surface area contributed by atoms with Gasteiger partial charge in [-0.2, -0.15) is 0 Å². The Morgan fingerprint density at radius 1 is 1.00 bits per heavy atom. The van der Waals surface area contributed by atoms with Crippen LogP contribution in [-0.4, -0.2) is 15.5 Å². The predicted molar refractivity (Wildman–Crippen MR) is 133 cm³/mol. The van der Waals surface area contributed by atoms with Crippen molar-refractivity contribution in [3.05, 3.63) is 82.5 Å². The van der Waals surface area contributed by atoms with Crippen molar-refractivity contribution in [2.75, 3.05) is 5.32 Å². The van der Waals surface area contributed by atoms with Crippen LogP contribution in [0.15, 0.2) is 71.5 Å². The molecule has 2 aromatic heterocycles. The highest BCUT2D eigenvalue weighted by Crippen LogP contribution is 2.27. The monoisotopic (exact) mass is 441 g/mol. The van der Waals surface area contributed by atoms with E-state index >= 15 is 0 Å². The standard InChI is InChI=1S/C26H23N3O2S/c1-2-3-8-17-13-14-20-23(15-17)32-26(27-20)28-24(30)16-29-21-11-6-4-9-18(21)25(31)19-10-5-7-12-22(19)29/h4-7,9-15H,2-3,8,16H2,1H3,(H,27,28,30). The highest BCUT2D eigenvalue weighted by Gasteiger charge is 2.14. The molecule has 0 fully saturated rings. The molecule has 5 nitrogen and oxygen atoms in total. The van der Waals surface area contributed by atoms with Gasteiger partial charge in [0.15, 0.2) is 10.6 Å². The zero-order valence-electron chi connectivity index (χ0n) is 17.8. The number of rotatable bonds is 6. The zero-order chi connectivity index (χ0) is 22.1. The van der Waals surface area contributed by atoms with Gasteiger partial charge < -0.3 is 9.88 Å². The fourth-order valence-electron chi connectivity index (χ4n) is 4.11. The molecule has 0 atom stereocenters. The lowest BCUT2D eigenvalue weighted by atomic mass is 10.1. The Balaban J connectivity index is 1.46. The third-order valence-corrected chi connectivity index (χ3v) is 6.63. The number of fused-ring (bicyclic) bond motifs is 3. The minimum absolute atomic E-state index is 0.0158. The van der Waals surface area contributed by atoms with E-state index in [1.165, 1.54) is 16.9 Å². The second-order valence-electron chi connectivity index (χ2n) is 7.92. The molecule has 0 aliphatic heterocycles. The normalized spacial score (nSPS) is 11.4. The molecule has 0 bridgehead atoms. The molecule has 1 amide bonds. The summed E-state index contributed by atoms with van der Waals surface area (Å²) in [4.78, 5) is 30.5. The van der Waals surface area contributed by atoms with E-state index in [0.717, 1.165) is 40.5 Å². The van der Waals surface area contributed by atoms with Gasteiger partial charge in [-0.3, -0.25) is 9.59 Å². The van der Waals surface area contributed by atoms with Crippen LogP contribution in [0.4, 0.5) is 5.13 Å². The molecule has 2 heterocycles. The summed E-state index contributed by atoms with van der Waals surface area (Å²) in [6.07, 6.45) is 3.38. The molecule has 160 valence electrons. The van der Waals surface area contributed by atoms with E-state index in [1.54, 1.807) is 0 Å². The first-order valence-electron chi connectivity index (χ1n) is 10.8. The number of aryl methyl sites for hydroxylation is 1. The average Bonchev–Trinajstić information content (AvgIpc) is 3.21. The van der Waals surface area contributed by atoms with E-state index in [0.29, 0.717) is 15.9 Å². The zero-order valence-corrected chi connectivity index (χ0v) is 18.6. The van der Waals surface area contributed by atoms with Gasteiger partial charge in [0, 0.05) is 10.8 Å². The summed E-state index contributed by atoms with van der Waals surface area (Å²) in [5, 5.41) is 4.77. The molecule has 3 aromatic carbocycles. The molecule has 0 aliphatic carbocycles. The summed E-state index contributed by atoms with van der Waals surface area (Å²) in [5.41, 5.74) is 3.67. The van der Waals surface area contributed by atoms with E-state index in [-0.39, 0.29) is 17.9 Å². The second kappa shape index (κ2) is 8.55. The molecule has 5 aromatic rings. The Labute approximate surface area is 189 Å². The topological polar surface area (TPSA) is 64.0 Å². The van der Waals surface area contributed by atoms with Crippen LogP contribution in [0.1, 0.15) is 25.3 Å². The average molecular weight is 442 g/mol. The van der Waals surface area contributed by atoms with Crippen LogP contribution in [0.25, 0.3) is 32.0 Å². The largest absolute Gasteiger partial charge is 0.331 e. The lowest BCUT2D eigenvalue weighted by Gasteiger charge is -2.14. The van der Waals surface area contributed by atoms with Crippen molar-refractivity contribution in [1.82, 2.24) is 9.55 Å². The number of nitrogens with zero attached hydrogens (tertiary/aromatic N) is 2. The SMILES string of the molecule is CCCCc1ccc2nc(NC(=O)Cn3c4ccccc4c(=O)c4ccccc43)sc2c1. The number of anilines is 1. The van der Waals surface area contributed by atoms with E-state index in [4.69, 9.17) is 0 Å². The second-order valence-corrected chi connectivity index (χ2v) is 8.95. The van der Waals surface area contributed by atoms with Crippen LogP contribution < -0.4 is 10.7 Å². The molecule has 6 heteroatoms. The molecule has 32 heavy (non-hydrogen) atoms. The van der Waals surface area contributed by atoms with Crippen LogP contribution >= 0.6 is 11.3 Å². The number of hydrogen-bond donors (Lipinski definition) is 1. The molecule has 0 radical (unpaired) electrons. The van der Waals surface area contributed by atoms with Gasteiger partial charge in [-0.25, -0.2) is 4.98 Å². The highest BCUT2D eigenvalue weighted by molar-refractivity contribution is 7.22. The molecule has 0 unspecified atom stereocenters. The Morgan fingerprint density at radius 2 is 1.69 bits per heavy atom. The maximum Gasteiger partial charge on any atom is 0.246 e. The number of aromatic nitrogens is 2. The fraction of sp³-hybridized carbons (Fsp3) is 0.192. The lowest BCUT2D eigenvalue weighted by Crippen LogP contribution is -2.21. The lowest BCUT2D eigenvalue weighted by molar-refractivity contribution is -0.116. The quantitative estimate of drug-likeness (QED) is 0.342. The number of amides is 1. The van der Waals surface area contributed by atoms with Gasteiger partial charge in [0.2, 0.25) is 5.91 Å². The number of thiazole rings is 1. The number of hydrogen-bond acceptors (Lipinski definition) is 4. The maximum absolute atomic E-state index is 13.0. The van der Waals surface area contributed by atoms with Crippen LogP contribution in [0.5, 0.6) is 0 Å². The predicted octanol–water partition coefficient (Wildman–Crippen LogP) is 5.75. The van der Waals surface area contributed by atoms with Gasteiger partial charge in [-0.05, 0) is 54.8 Å². The van der Waals surface area contributed by atoms with Crippen molar-refractivity contribution < 1.29 is 4.79 Å². The van der Waals surface area contributed by atoms with Gasteiger partial charge in [0.1, 0.15) is 6.54 Å². The first-order valence-corrected chi connectivity index (χ1v) is 11.7. The molecule has 1 N–H and O–H groups in total. The van der Waals surface area contributed by atoms with Crippen molar-refractivity contribution in [1.29, 1.82) is 0 Å². The summed E-state index contributed by atoms with van der Waals surface area (Å²) >= 11 is 1.49. The van der Waals surface area contributed by atoms with Crippen molar-refractivity contribution in [3.8, 4) is 0 Å². The van der Waals surface area contributed by atoms with Crippen molar-refractivity contribution >= 4 is 54.4 Å². The Bertz CT molecular complexity index is 1460. The van der Waals surface area contributed by atoms with Gasteiger partial charge in [-0.15, -0.1) is 0 Å². The Kier molecular flexibility index (Phi) is 5.45. The van der Waals surface area contributed by atoms with Crippen molar-refractivity contribution in [3.63, 3.8) is 0 Å². The summed E-state index contributed by atoms with van der Waals surface area (Å²) in [6.45, 7) is 2.28. The summed E-state index contributed by atoms with van der Waals surface area (Å²) in [6, 6.07) is 21.1. The molecule has 0 saturated carbocycles. The number of carbonyl (C=O) groups excluding carboxylic acids is 1. The highest BCUT2D eigenvalue weighted by atomic mass is 32.1. The summed E-state index contributed by atoms with van der Waals surface area (Å²) in [5.74, 6) is -0.172. The van der Waals surface area contributed by atoms with E-state index < -0.39 is 0 Å². The van der Waals surface area contributed by atoms with Crippen LogP contribution in [0.2, 0.25) is 0 Å². The molecule has 5 rings (SSSR count). The fourth-order valence-corrected chi connectivity index (χ4v) is 5.05.